The Morgan fingerprint density at radius 3 is 2.83 bits per heavy atom. The van der Waals surface area contributed by atoms with Gasteiger partial charge >= 0.3 is 0 Å². The van der Waals surface area contributed by atoms with Crippen LogP contribution in [0, 0.1) is 11.3 Å². The van der Waals surface area contributed by atoms with Crippen LogP contribution in [0.15, 0.2) is 12.1 Å². The molecule has 1 aliphatic carbocycles. The van der Waals surface area contributed by atoms with Crippen LogP contribution in [-0.4, -0.2) is 28.4 Å². The number of rotatable bonds is 4. The zero-order valence-electron chi connectivity index (χ0n) is 9.57. The predicted molar refractivity (Wildman–Crippen MR) is 68.5 cm³/mol. The summed E-state index contributed by atoms with van der Waals surface area (Å²) in [5.41, 5.74) is 0.161. The van der Waals surface area contributed by atoms with Crippen molar-refractivity contribution in [1.82, 2.24) is 9.88 Å². The van der Waals surface area contributed by atoms with Gasteiger partial charge in [0.15, 0.2) is 0 Å². The lowest BCUT2D eigenvalue weighted by Crippen LogP contribution is -2.34. The molecular formula is C12H11Cl2N3O. The van der Waals surface area contributed by atoms with Crippen LogP contribution >= 0.6 is 23.2 Å². The average Bonchev–Trinajstić information content (AvgIpc) is 3.17. The summed E-state index contributed by atoms with van der Waals surface area (Å²) in [6, 6.07) is 5.34. The van der Waals surface area contributed by atoms with Crippen LogP contribution in [0.3, 0.4) is 0 Å². The topological polar surface area (TPSA) is 57.0 Å². The average molecular weight is 284 g/mol. The highest BCUT2D eigenvalue weighted by molar-refractivity contribution is 6.34. The third-order valence-corrected chi connectivity index (χ3v) is 3.24. The van der Waals surface area contributed by atoms with Gasteiger partial charge in [0.1, 0.15) is 10.8 Å². The largest absolute Gasteiger partial charge is 0.333 e. The van der Waals surface area contributed by atoms with Gasteiger partial charge in [-0.15, -0.1) is 0 Å². The van der Waals surface area contributed by atoms with Crippen molar-refractivity contribution < 1.29 is 4.79 Å². The lowest BCUT2D eigenvalue weighted by Gasteiger charge is -2.21. The first-order valence-electron chi connectivity index (χ1n) is 5.63. The molecule has 1 fully saturated rings. The minimum absolute atomic E-state index is 0.161. The molecule has 0 aromatic carbocycles. The van der Waals surface area contributed by atoms with Gasteiger partial charge in [-0.1, -0.05) is 23.2 Å². The first kappa shape index (κ1) is 13.1. The fraction of sp³-hybridized carbons (Fsp3) is 0.417. The normalized spacial score (nSPS) is 14.1. The summed E-state index contributed by atoms with van der Waals surface area (Å²) in [5, 5.41) is 9.14. The van der Waals surface area contributed by atoms with Gasteiger partial charge in [-0.3, -0.25) is 4.79 Å². The molecule has 0 radical (unpaired) electrons. The van der Waals surface area contributed by atoms with E-state index in [1.807, 2.05) is 6.07 Å². The van der Waals surface area contributed by atoms with Crippen molar-refractivity contribution in [3.05, 3.63) is 28.0 Å². The maximum atomic E-state index is 12.3. The maximum Gasteiger partial charge on any atom is 0.274 e. The molecule has 1 heterocycles. The molecule has 94 valence electrons. The molecule has 1 aliphatic rings. The summed E-state index contributed by atoms with van der Waals surface area (Å²) in [4.78, 5) is 17.9. The molecule has 1 aromatic rings. The molecule has 0 bridgehead atoms. The highest BCUT2D eigenvalue weighted by Gasteiger charge is 2.34. The maximum absolute atomic E-state index is 12.3. The summed E-state index contributed by atoms with van der Waals surface area (Å²) < 4.78 is 0. The number of carbonyl (C=O) groups is 1. The number of pyridine rings is 1. The van der Waals surface area contributed by atoms with Crippen LogP contribution in [0.4, 0.5) is 0 Å². The Morgan fingerprint density at radius 2 is 2.22 bits per heavy atom. The smallest absolute Gasteiger partial charge is 0.274 e. The van der Waals surface area contributed by atoms with E-state index in [1.165, 1.54) is 6.07 Å². The zero-order chi connectivity index (χ0) is 13.1. The lowest BCUT2D eigenvalue weighted by molar-refractivity contribution is 0.0741. The second-order valence-electron chi connectivity index (χ2n) is 4.10. The number of hydrogen-bond acceptors (Lipinski definition) is 3. The van der Waals surface area contributed by atoms with Crippen molar-refractivity contribution in [3.63, 3.8) is 0 Å². The molecule has 4 nitrogen and oxygen atoms in total. The van der Waals surface area contributed by atoms with Gasteiger partial charge in [0, 0.05) is 12.6 Å². The lowest BCUT2D eigenvalue weighted by atomic mass is 10.3. The first-order valence-corrected chi connectivity index (χ1v) is 6.39. The van der Waals surface area contributed by atoms with Crippen LogP contribution < -0.4 is 0 Å². The Hall–Kier alpha value is -1.31. The molecule has 0 saturated heterocycles. The molecule has 0 aliphatic heterocycles. The molecule has 0 N–H and O–H groups in total. The Balaban J connectivity index is 2.22. The van der Waals surface area contributed by atoms with Crippen molar-refractivity contribution in [2.75, 3.05) is 6.54 Å². The standard InChI is InChI=1S/C12H11Cl2N3O/c13-9-4-5-10(14)16-11(9)12(18)17(7-1-6-15)8-2-3-8/h4-5,8H,1-3,7H2. The number of nitrogens with zero attached hydrogens (tertiary/aromatic N) is 3. The molecule has 2 rings (SSSR count). The molecular weight excluding hydrogens is 273 g/mol. The number of halogens is 2. The Labute approximate surface area is 115 Å². The predicted octanol–water partition coefficient (Wildman–Crippen LogP) is 2.91. The number of hydrogen-bond donors (Lipinski definition) is 0. The van der Waals surface area contributed by atoms with Gasteiger partial charge in [0.25, 0.3) is 5.91 Å². The minimum atomic E-state index is -0.250. The van der Waals surface area contributed by atoms with Crippen molar-refractivity contribution >= 4 is 29.1 Å². The van der Waals surface area contributed by atoms with Crippen LogP contribution in [0.25, 0.3) is 0 Å². The second kappa shape index (κ2) is 5.55. The molecule has 0 spiro atoms. The van der Waals surface area contributed by atoms with Gasteiger partial charge in [-0.2, -0.15) is 5.26 Å². The van der Waals surface area contributed by atoms with Crippen molar-refractivity contribution in [2.45, 2.75) is 25.3 Å². The minimum Gasteiger partial charge on any atom is -0.333 e. The van der Waals surface area contributed by atoms with Crippen LogP contribution in [-0.2, 0) is 0 Å². The fourth-order valence-electron chi connectivity index (χ4n) is 1.71. The summed E-state index contributed by atoms with van der Waals surface area (Å²) in [6.45, 7) is 0.407. The number of nitriles is 1. The van der Waals surface area contributed by atoms with Crippen molar-refractivity contribution in [3.8, 4) is 6.07 Å². The molecule has 18 heavy (non-hydrogen) atoms. The SMILES string of the molecule is N#CCCN(C(=O)c1nc(Cl)ccc1Cl)C1CC1. The van der Waals surface area contributed by atoms with Gasteiger partial charge in [0.05, 0.1) is 17.5 Å². The molecule has 1 aromatic heterocycles. The first-order chi connectivity index (χ1) is 8.63. The zero-order valence-corrected chi connectivity index (χ0v) is 11.1. The van der Waals surface area contributed by atoms with Gasteiger partial charge in [0.2, 0.25) is 0 Å². The van der Waals surface area contributed by atoms with Gasteiger partial charge in [-0.05, 0) is 25.0 Å². The number of aromatic nitrogens is 1. The molecule has 1 amide bonds. The number of carbonyl (C=O) groups excluding carboxylic acids is 1. The van der Waals surface area contributed by atoms with E-state index in [0.29, 0.717) is 13.0 Å². The Kier molecular flexibility index (Phi) is 4.05. The third kappa shape index (κ3) is 2.92. The highest BCUT2D eigenvalue weighted by atomic mass is 35.5. The quantitative estimate of drug-likeness (QED) is 0.799. The van der Waals surface area contributed by atoms with Crippen molar-refractivity contribution in [1.29, 1.82) is 5.26 Å². The van der Waals surface area contributed by atoms with E-state index in [9.17, 15) is 4.79 Å². The Bertz CT molecular complexity index is 509. The molecule has 0 atom stereocenters. The van der Waals surface area contributed by atoms with Crippen LogP contribution in [0.2, 0.25) is 10.2 Å². The van der Waals surface area contributed by atoms with Gasteiger partial charge in [-0.25, -0.2) is 4.98 Å². The van der Waals surface area contributed by atoms with E-state index in [0.717, 1.165) is 12.8 Å². The summed E-state index contributed by atoms with van der Waals surface area (Å²) >= 11 is 11.7. The summed E-state index contributed by atoms with van der Waals surface area (Å²) in [7, 11) is 0. The highest BCUT2D eigenvalue weighted by Crippen LogP contribution is 2.29. The monoisotopic (exact) mass is 283 g/mol. The van der Waals surface area contributed by atoms with E-state index < -0.39 is 0 Å². The molecule has 0 unspecified atom stereocenters. The van der Waals surface area contributed by atoms with Crippen LogP contribution in [0.5, 0.6) is 0 Å². The van der Waals surface area contributed by atoms with Crippen molar-refractivity contribution in [2.24, 2.45) is 0 Å². The summed E-state index contributed by atoms with van der Waals surface area (Å²) in [6.07, 6.45) is 2.24. The van der Waals surface area contributed by atoms with Gasteiger partial charge < -0.3 is 4.90 Å². The number of amides is 1. The van der Waals surface area contributed by atoms with E-state index in [1.54, 1.807) is 11.0 Å². The van der Waals surface area contributed by atoms with E-state index in [-0.39, 0.29) is 27.8 Å². The van der Waals surface area contributed by atoms with E-state index in [2.05, 4.69) is 4.98 Å². The van der Waals surface area contributed by atoms with Crippen LogP contribution in [0.1, 0.15) is 29.8 Å². The Morgan fingerprint density at radius 1 is 1.50 bits per heavy atom. The fourth-order valence-corrected chi connectivity index (χ4v) is 2.04. The second-order valence-corrected chi connectivity index (χ2v) is 4.90. The summed E-state index contributed by atoms with van der Waals surface area (Å²) in [5.74, 6) is -0.250. The van der Waals surface area contributed by atoms with E-state index >= 15 is 0 Å². The van der Waals surface area contributed by atoms with E-state index in [4.69, 9.17) is 28.5 Å². The third-order valence-electron chi connectivity index (χ3n) is 2.73. The molecule has 1 saturated carbocycles. The molecule has 6 heteroatoms.